The third-order valence-corrected chi connectivity index (χ3v) is 4.69. The van der Waals surface area contributed by atoms with Crippen LogP contribution in [0.5, 0.6) is 0 Å². The van der Waals surface area contributed by atoms with Crippen LogP contribution in [0.25, 0.3) is 10.9 Å². The van der Waals surface area contributed by atoms with Gasteiger partial charge in [-0.25, -0.2) is 0 Å². The Morgan fingerprint density at radius 3 is 3.04 bits per heavy atom. The number of nitrogens with zero attached hydrogens (tertiary/aromatic N) is 3. The molecule has 0 unspecified atom stereocenters. The van der Waals surface area contributed by atoms with Gasteiger partial charge in [-0.2, -0.15) is 0 Å². The van der Waals surface area contributed by atoms with E-state index in [9.17, 15) is 4.79 Å². The van der Waals surface area contributed by atoms with Gasteiger partial charge in [-0.05, 0) is 18.2 Å². The van der Waals surface area contributed by atoms with Crippen molar-refractivity contribution in [1.29, 1.82) is 0 Å². The Hall–Kier alpha value is -2.80. The van der Waals surface area contributed by atoms with Crippen molar-refractivity contribution in [1.82, 2.24) is 19.7 Å². The van der Waals surface area contributed by atoms with Gasteiger partial charge in [0.2, 0.25) is 0 Å². The molecule has 6 nitrogen and oxygen atoms in total. The highest BCUT2D eigenvalue weighted by atomic mass is 32.2. The van der Waals surface area contributed by atoms with Crippen molar-refractivity contribution in [2.75, 3.05) is 5.75 Å². The standard InChI is InChI=1S/C17H14N4O2S/c22-16(14-8-18-15-6-2-1-5-13(14)15)10-24-17-20-19-11-21(17)9-12-4-3-7-23-12/h1-8,11,18H,9-10H2. The van der Waals surface area contributed by atoms with Gasteiger partial charge in [0, 0.05) is 22.7 Å². The number of aromatic amines is 1. The third-order valence-electron chi connectivity index (χ3n) is 3.71. The largest absolute Gasteiger partial charge is 0.467 e. The first-order chi connectivity index (χ1) is 11.8. The number of carbonyl (C=O) groups is 1. The summed E-state index contributed by atoms with van der Waals surface area (Å²) in [5, 5.41) is 9.65. The lowest BCUT2D eigenvalue weighted by molar-refractivity contribution is 0.102. The number of thioether (sulfide) groups is 1. The third kappa shape index (κ3) is 2.85. The van der Waals surface area contributed by atoms with E-state index in [0.717, 1.165) is 16.7 Å². The Morgan fingerprint density at radius 2 is 2.17 bits per heavy atom. The average molecular weight is 338 g/mol. The normalized spacial score (nSPS) is 11.2. The number of rotatable bonds is 6. The molecular weight excluding hydrogens is 324 g/mol. The van der Waals surface area contributed by atoms with Crippen LogP contribution in [0.4, 0.5) is 0 Å². The number of carbonyl (C=O) groups excluding carboxylic acids is 1. The fraction of sp³-hybridized carbons (Fsp3) is 0.118. The minimum Gasteiger partial charge on any atom is -0.467 e. The number of benzene rings is 1. The van der Waals surface area contributed by atoms with Crippen LogP contribution in [0.1, 0.15) is 16.1 Å². The van der Waals surface area contributed by atoms with Gasteiger partial charge >= 0.3 is 0 Å². The molecule has 0 spiro atoms. The van der Waals surface area contributed by atoms with Gasteiger partial charge in [-0.3, -0.25) is 4.79 Å². The molecule has 0 bridgehead atoms. The predicted octanol–water partition coefficient (Wildman–Crippen LogP) is 3.38. The number of aromatic nitrogens is 4. The Bertz CT molecular complexity index is 971. The Morgan fingerprint density at radius 1 is 1.25 bits per heavy atom. The van der Waals surface area contributed by atoms with Crippen LogP contribution < -0.4 is 0 Å². The molecule has 1 aromatic carbocycles. The number of Topliss-reactive ketones (excluding diaryl/α,β-unsaturated/α-hetero) is 1. The molecule has 0 aliphatic heterocycles. The van der Waals surface area contributed by atoms with Gasteiger partial charge in [-0.1, -0.05) is 30.0 Å². The van der Waals surface area contributed by atoms with Gasteiger partial charge in [0.15, 0.2) is 10.9 Å². The molecule has 120 valence electrons. The van der Waals surface area contributed by atoms with Crippen molar-refractivity contribution in [3.63, 3.8) is 0 Å². The Kier molecular flexibility index (Phi) is 3.92. The van der Waals surface area contributed by atoms with E-state index in [2.05, 4.69) is 15.2 Å². The van der Waals surface area contributed by atoms with Crippen LogP contribution in [0.3, 0.4) is 0 Å². The van der Waals surface area contributed by atoms with Crippen LogP contribution in [0.15, 0.2) is 64.8 Å². The van der Waals surface area contributed by atoms with E-state index in [4.69, 9.17) is 4.42 Å². The summed E-state index contributed by atoms with van der Waals surface area (Å²) in [4.78, 5) is 15.7. The molecule has 3 heterocycles. The molecular formula is C17H14N4O2S. The zero-order valence-electron chi connectivity index (χ0n) is 12.7. The van der Waals surface area contributed by atoms with E-state index < -0.39 is 0 Å². The zero-order valence-corrected chi connectivity index (χ0v) is 13.5. The van der Waals surface area contributed by atoms with Gasteiger partial charge < -0.3 is 14.0 Å². The van der Waals surface area contributed by atoms with Crippen LogP contribution in [-0.2, 0) is 6.54 Å². The molecule has 24 heavy (non-hydrogen) atoms. The summed E-state index contributed by atoms with van der Waals surface area (Å²) in [7, 11) is 0. The quantitative estimate of drug-likeness (QED) is 0.431. The number of para-hydroxylation sites is 1. The minimum absolute atomic E-state index is 0.0602. The molecule has 0 aliphatic rings. The van der Waals surface area contributed by atoms with Gasteiger partial charge in [0.25, 0.3) is 0 Å². The van der Waals surface area contributed by atoms with Crippen LogP contribution >= 0.6 is 11.8 Å². The first-order valence-corrected chi connectivity index (χ1v) is 8.42. The minimum atomic E-state index is 0.0602. The molecule has 3 aromatic heterocycles. The topological polar surface area (TPSA) is 76.7 Å². The van der Waals surface area contributed by atoms with E-state index in [1.165, 1.54) is 11.8 Å². The van der Waals surface area contributed by atoms with E-state index in [-0.39, 0.29) is 5.78 Å². The van der Waals surface area contributed by atoms with Crippen LogP contribution in [-0.4, -0.2) is 31.3 Å². The highest BCUT2D eigenvalue weighted by molar-refractivity contribution is 7.99. The SMILES string of the molecule is O=C(CSc1nncn1Cc1ccco1)c1c[nH]c2ccccc12. The lowest BCUT2D eigenvalue weighted by Crippen LogP contribution is -2.04. The summed E-state index contributed by atoms with van der Waals surface area (Å²) < 4.78 is 7.20. The van der Waals surface area contributed by atoms with E-state index in [1.807, 2.05) is 41.0 Å². The number of nitrogens with one attached hydrogen (secondary N) is 1. The number of H-pyrrole nitrogens is 1. The molecule has 1 N–H and O–H groups in total. The predicted molar refractivity (Wildman–Crippen MR) is 91.2 cm³/mol. The Balaban J connectivity index is 1.47. The summed E-state index contributed by atoms with van der Waals surface area (Å²) in [5.74, 6) is 1.18. The summed E-state index contributed by atoms with van der Waals surface area (Å²) in [6.45, 7) is 0.545. The number of hydrogen-bond acceptors (Lipinski definition) is 5. The lowest BCUT2D eigenvalue weighted by atomic mass is 10.1. The van der Waals surface area contributed by atoms with E-state index in [0.29, 0.717) is 23.0 Å². The molecule has 4 rings (SSSR count). The van der Waals surface area contributed by atoms with Crippen molar-refractivity contribution in [2.45, 2.75) is 11.7 Å². The highest BCUT2D eigenvalue weighted by Crippen LogP contribution is 2.22. The molecule has 0 saturated heterocycles. The monoisotopic (exact) mass is 338 g/mol. The second-order valence-electron chi connectivity index (χ2n) is 5.28. The number of ketones is 1. The summed E-state index contributed by atoms with van der Waals surface area (Å²) in [6, 6.07) is 11.5. The van der Waals surface area contributed by atoms with Gasteiger partial charge in [-0.15, -0.1) is 10.2 Å². The number of furan rings is 1. The lowest BCUT2D eigenvalue weighted by Gasteiger charge is -2.04. The fourth-order valence-electron chi connectivity index (χ4n) is 2.55. The van der Waals surface area contributed by atoms with Crippen molar-refractivity contribution >= 4 is 28.4 Å². The molecule has 0 fully saturated rings. The molecule has 4 aromatic rings. The fourth-order valence-corrected chi connectivity index (χ4v) is 3.34. The van der Waals surface area contributed by atoms with Gasteiger partial charge in [0.1, 0.15) is 12.1 Å². The van der Waals surface area contributed by atoms with Crippen molar-refractivity contribution in [2.24, 2.45) is 0 Å². The average Bonchev–Trinajstić information content (AvgIpc) is 3.34. The maximum atomic E-state index is 12.5. The van der Waals surface area contributed by atoms with Gasteiger partial charge in [0.05, 0.1) is 18.6 Å². The number of fused-ring (bicyclic) bond motifs is 1. The molecule has 0 radical (unpaired) electrons. The summed E-state index contributed by atoms with van der Waals surface area (Å²) in [6.07, 6.45) is 5.04. The first-order valence-electron chi connectivity index (χ1n) is 7.43. The van der Waals surface area contributed by atoms with E-state index in [1.54, 1.807) is 18.8 Å². The second-order valence-corrected chi connectivity index (χ2v) is 6.22. The first kappa shape index (κ1) is 14.8. The Labute approximate surface area is 141 Å². The molecule has 0 saturated carbocycles. The summed E-state index contributed by atoms with van der Waals surface area (Å²) >= 11 is 1.37. The summed E-state index contributed by atoms with van der Waals surface area (Å²) in [5.41, 5.74) is 1.67. The van der Waals surface area contributed by atoms with Crippen molar-refractivity contribution in [3.05, 3.63) is 66.5 Å². The molecule has 0 atom stereocenters. The maximum Gasteiger partial charge on any atom is 0.191 e. The molecule has 7 heteroatoms. The highest BCUT2D eigenvalue weighted by Gasteiger charge is 2.14. The zero-order chi connectivity index (χ0) is 16.4. The number of hydrogen-bond donors (Lipinski definition) is 1. The maximum absolute atomic E-state index is 12.5. The van der Waals surface area contributed by atoms with Crippen molar-refractivity contribution in [3.8, 4) is 0 Å². The molecule has 0 aliphatic carbocycles. The smallest absolute Gasteiger partial charge is 0.191 e. The molecule has 0 amide bonds. The second kappa shape index (κ2) is 6.37. The van der Waals surface area contributed by atoms with Crippen LogP contribution in [0.2, 0.25) is 0 Å². The van der Waals surface area contributed by atoms with E-state index >= 15 is 0 Å². The van der Waals surface area contributed by atoms with Crippen LogP contribution in [0, 0.1) is 0 Å². The van der Waals surface area contributed by atoms with Crippen molar-refractivity contribution < 1.29 is 9.21 Å².